The first-order valence-electron chi connectivity index (χ1n) is 5.45. The summed E-state index contributed by atoms with van der Waals surface area (Å²) in [5.74, 6) is -2.18. The number of hydrogen-bond donors (Lipinski definition) is 4. The molecule has 0 aromatic rings. The first-order valence-corrected chi connectivity index (χ1v) is 5.45. The quantitative estimate of drug-likeness (QED) is 0.525. The van der Waals surface area contributed by atoms with Crippen molar-refractivity contribution in [1.29, 1.82) is 0 Å². The lowest BCUT2D eigenvalue weighted by Gasteiger charge is -2.13. The number of rotatable bonds is 6. The fourth-order valence-corrected chi connectivity index (χ4v) is 1.62. The largest absolute Gasteiger partial charge is 0.481 e. The summed E-state index contributed by atoms with van der Waals surface area (Å²) in [4.78, 5) is 32.5. The van der Waals surface area contributed by atoms with Crippen molar-refractivity contribution in [1.82, 2.24) is 10.6 Å². The van der Waals surface area contributed by atoms with Gasteiger partial charge in [0, 0.05) is 6.04 Å². The van der Waals surface area contributed by atoms with Gasteiger partial charge in [-0.25, -0.2) is 9.59 Å². The molecular formula is C10H16N2O5. The summed E-state index contributed by atoms with van der Waals surface area (Å²) >= 11 is 0. The molecule has 0 radical (unpaired) electrons. The van der Waals surface area contributed by atoms with E-state index in [4.69, 9.17) is 10.2 Å². The van der Waals surface area contributed by atoms with E-state index >= 15 is 0 Å². The Morgan fingerprint density at radius 1 is 1.35 bits per heavy atom. The highest BCUT2D eigenvalue weighted by molar-refractivity contribution is 5.86. The molecule has 2 amide bonds. The Morgan fingerprint density at radius 3 is 2.41 bits per heavy atom. The number of nitrogens with one attached hydrogen (secondary N) is 2. The second-order valence-corrected chi connectivity index (χ2v) is 4.12. The number of aliphatic carboxylic acids is 2. The van der Waals surface area contributed by atoms with Crippen LogP contribution in [0.25, 0.3) is 0 Å². The summed E-state index contributed by atoms with van der Waals surface area (Å²) in [6, 6.07) is -1.94. The minimum absolute atomic E-state index is 0.0827. The monoisotopic (exact) mass is 244 g/mol. The molecule has 0 aliphatic heterocycles. The Morgan fingerprint density at radius 2 is 2.00 bits per heavy atom. The smallest absolute Gasteiger partial charge is 0.326 e. The molecule has 1 aliphatic carbocycles. The molecule has 1 saturated carbocycles. The van der Waals surface area contributed by atoms with E-state index in [0.29, 0.717) is 5.92 Å². The van der Waals surface area contributed by atoms with Crippen LogP contribution in [0.1, 0.15) is 26.2 Å². The van der Waals surface area contributed by atoms with E-state index in [9.17, 15) is 14.4 Å². The Hall–Kier alpha value is -1.79. The standard InChI is InChI=1S/C10H16N2O5/c1-2-5-3-6(5)11-10(17)12-7(9(15)16)4-8(13)14/h5-7H,2-4H2,1H3,(H,13,14)(H,15,16)(H2,11,12,17)/t5?,6?,7-/m0/s1. The van der Waals surface area contributed by atoms with Crippen LogP contribution in [0.5, 0.6) is 0 Å². The van der Waals surface area contributed by atoms with E-state index in [2.05, 4.69) is 10.6 Å². The Bertz CT molecular complexity index is 331. The Labute approximate surface area is 98.2 Å². The van der Waals surface area contributed by atoms with Crippen molar-refractivity contribution in [3.63, 3.8) is 0 Å². The van der Waals surface area contributed by atoms with E-state index in [1.165, 1.54) is 0 Å². The van der Waals surface area contributed by atoms with Crippen LogP contribution in [0.2, 0.25) is 0 Å². The SMILES string of the molecule is CCC1CC1NC(=O)N[C@@H](CC(=O)O)C(=O)O. The number of carbonyl (C=O) groups excluding carboxylic acids is 1. The molecule has 17 heavy (non-hydrogen) atoms. The molecule has 0 aromatic carbocycles. The number of carboxylic acid groups (broad SMARTS) is 2. The van der Waals surface area contributed by atoms with Crippen LogP contribution in [0.4, 0.5) is 4.79 Å². The first kappa shape index (κ1) is 13.3. The van der Waals surface area contributed by atoms with Crippen LogP contribution >= 0.6 is 0 Å². The van der Waals surface area contributed by atoms with Crippen molar-refractivity contribution in [3.8, 4) is 0 Å². The maximum atomic E-state index is 11.4. The summed E-state index contributed by atoms with van der Waals surface area (Å²) in [6.45, 7) is 2.01. The zero-order chi connectivity index (χ0) is 13.0. The first-order chi connectivity index (χ1) is 7.93. The molecule has 3 atom stereocenters. The zero-order valence-corrected chi connectivity index (χ0v) is 9.47. The average molecular weight is 244 g/mol. The van der Waals surface area contributed by atoms with Crippen molar-refractivity contribution < 1.29 is 24.6 Å². The van der Waals surface area contributed by atoms with Gasteiger partial charge in [0.25, 0.3) is 0 Å². The van der Waals surface area contributed by atoms with Gasteiger partial charge in [-0.15, -0.1) is 0 Å². The Kier molecular flexibility index (Phi) is 4.30. The third-order valence-corrected chi connectivity index (χ3v) is 2.75. The summed E-state index contributed by atoms with van der Waals surface area (Å²) in [6.07, 6.45) is 1.22. The Balaban J connectivity index is 2.36. The lowest BCUT2D eigenvalue weighted by Crippen LogP contribution is -2.47. The maximum absolute atomic E-state index is 11.4. The van der Waals surface area contributed by atoms with Crippen molar-refractivity contribution >= 4 is 18.0 Å². The number of hydrogen-bond acceptors (Lipinski definition) is 3. The molecule has 1 fully saturated rings. The lowest BCUT2D eigenvalue weighted by molar-refractivity contribution is -0.145. The molecule has 1 rings (SSSR count). The molecule has 0 aromatic heterocycles. The second kappa shape index (κ2) is 5.51. The van der Waals surface area contributed by atoms with Gasteiger partial charge in [0.2, 0.25) is 0 Å². The highest BCUT2D eigenvalue weighted by atomic mass is 16.4. The van der Waals surface area contributed by atoms with Crippen molar-refractivity contribution in [2.45, 2.75) is 38.3 Å². The fraction of sp³-hybridized carbons (Fsp3) is 0.700. The lowest BCUT2D eigenvalue weighted by atomic mass is 10.2. The predicted molar refractivity (Wildman–Crippen MR) is 57.5 cm³/mol. The molecule has 1 aliphatic rings. The zero-order valence-electron chi connectivity index (χ0n) is 9.47. The predicted octanol–water partition coefficient (Wildman–Crippen LogP) is 0.0120. The van der Waals surface area contributed by atoms with Crippen LogP contribution in [-0.4, -0.2) is 40.3 Å². The number of amides is 2. The van der Waals surface area contributed by atoms with Gasteiger partial charge in [0.1, 0.15) is 6.04 Å². The van der Waals surface area contributed by atoms with Crippen LogP contribution in [-0.2, 0) is 9.59 Å². The topological polar surface area (TPSA) is 116 Å². The molecule has 7 nitrogen and oxygen atoms in total. The summed E-state index contributed by atoms with van der Waals surface area (Å²) < 4.78 is 0. The van der Waals surface area contributed by atoms with Crippen molar-refractivity contribution in [3.05, 3.63) is 0 Å². The van der Waals surface area contributed by atoms with Gasteiger partial charge in [-0.1, -0.05) is 13.3 Å². The van der Waals surface area contributed by atoms with Gasteiger partial charge in [0.05, 0.1) is 6.42 Å². The molecule has 2 unspecified atom stereocenters. The van der Waals surface area contributed by atoms with Gasteiger partial charge >= 0.3 is 18.0 Å². The fourth-order valence-electron chi connectivity index (χ4n) is 1.62. The average Bonchev–Trinajstić information content (AvgIpc) is 2.94. The number of carboxylic acids is 2. The van der Waals surface area contributed by atoms with Gasteiger partial charge in [-0.2, -0.15) is 0 Å². The van der Waals surface area contributed by atoms with E-state index in [0.717, 1.165) is 12.8 Å². The highest BCUT2D eigenvalue weighted by Crippen LogP contribution is 2.32. The second-order valence-electron chi connectivity index (χ2n) is 4.12. The molecule has 4 N–H and O–H groups in total. The minimum Gasteiger partial charge on any atom is -0.481 e. The molecular weight excluding hydrogens is 228 g/mol. The number of urea groups is 1. The van der Waals surface area contributed by atoms with Gasteiger partial charge in [-0.3, -0.25) is 4.79 Å². The van der Waals surface area contributed by atoms with Crippen LogP contribution < -0.4 is 10.6 Å². The minimum atomic E-state index is -1.40. The molecule has 7 heteroatoms. The summed E-state index contributed by atoms with van der Waals surface area (Å²) in [7, 11) is 0. The van der Waals surface area contributed by atoms with E-state index in [1.807, 2.05) is 6.92 Å². The van der Waals surface area contributed by atoms with Crippen LogP contribution in [0.15, 0.2) is 0 Å². The molecule has 96 valence electrons. The summed E-state index contributed by atoms with van der Waals surface area (Å²) in [5, 5.41) is 21.9. The number of carbonyl (C=O) groups is 3. The highest BCUT2D eigenvalue weighted by Gasteiger charge is 2.37. The van der Waals surface area contributed by atoms with E-state index in [-0.39, 0.29) is 6.04 Å². The molecule has 0 heterocycles. The van der Waals surface area contributed by atoms with Crippen molar-refractivity contribution in [2.75, 3.05) is 0 Å². The van der Waals surface area contributed by atoms with Crippen molar-refractivity contribution in [2.24, 2.45) is 5.92 Å². The summed E-state index contributed by atoms with van der Waals surface area (Å²) in [5.41, 5.74) is 0. The van der Waals surface area contributed by atoms with Gasteiger partial charge < -0.3 is 20.8 Å². The van der Waals surface area contributed by atoms with Crippen LogP contribution in [0, 0.1) is 5.92 Å². The van der Waals surface area contributed by atoms with E-state index in [1.54, 1.807) is 0 Å². The molecule has 0 saturated heterocycles. The third kappa shape index (κ3) is 4.29. The molecule has 0 spiro atoms. The van der Waals surface area contributed by atoms with E-state index < -0.39 is 30.4 Å². The van der Waals surface area contributed by atoms with Gasteiger partial charge in [-0.05, 0) is 12.3 Å². The van der Waals surface area contributed by atoms with Gasteiger partial charge in [0.15, 0.2) is 0 Å². The molecule has 0 bridgehead atoms. The van der Waals surface area contributed by atoms with Crippen LogP contribution in [0.3, 0.4) is 0 Å². The maximum Gasteiger partial charge on any atom is 0.326 e. The third-order valence-electron chi connectivity index (χ3n) is 2.75. The normalized spacial score (nSPS) is 23.6.